The zero-order chi connectivity index (χ0) is 24.9. The van der Waals surface area contributed by atoms with Gasteiger partial charge in [-0.05, 0) is 57.7 Å². The van der Waals surface area contributed by atoms with E-state index < -0.39 is 0 Å². The lowest BCUT2D eigenvalue weighted by atomic mass is 10.1. The molecule has 2 heterocycles. The van der Waals surface area contributed by atoms with Crippen molar-refractivity contribution in [3.63, 3.8) is 0 Å². The fourth-order valence-corrected chi connectivity index (χ4v) is 4.85. The fourth-order valence-electron chi connectivity index (χ4n) is 4.85. The topological polar surface area (TPSA) is 70.9 Å². The molecule has 0 N–H and O–H groups in total. The summed E-state index contributed by atoms with van der Waals surface area (Å²) in [6.07, 6.45) is 3.16. The van der Waals surface area contributed by atoms with Gasteiger partial charge in [-0.25, -0.2) is 0 Å². The van der Waals surface area contributed by atoms with Crippen molar-refractivity contribution >= 4 is 17.5 Å². The number of aromatic nitrogens is 2. The van der Waals surface area contributed by atoms with E-state index in [1.807, 2.05) is 51.7 Å². The maximum absolute atomic E-state index is 13.9. The molecule has 8 heteroatoms. The van der Waals surface area contributed by atoms with Crippen LogP contribution >= 0.6 is 0 Å². The van der Waals surface area contributed by atoms with Crippen LogP contribution in [0.3, 0.4) is 0 Å². The average molecular weight is 482 g/mol. The van der Waals surface area contributed by atoms with Gasteiger partial charge in [0.15, 0.2) is 0 Å². The number of methoxy groups -OCH3 is 1. The highest BCUT2D eigenvalue weighted by Crippen LogP contribution is 2.39. The van der Waals surface area contributed by atoms with Crippen molar-refractivity contribution in [1.29, 1.82) is 0 Å². The van der Waals surface area contributed by atoms with Gasteiger partial charge in [-0.3, -0.25) is 19.2 Å². The molecule has 1 aromatic heterocycles. The maximum atomic E-state index is 13.9. The van der Waals surface area contributed by atoms with Crippen molar-refractivity contribution in [2.45, 2.75) is 65.1 Å². The van der Waals surface area contributed by atoms with Crippen LogP contribution in [0.5, 0.6) is 0 Å². The summed E-state index contributed by atoms with van der Waals surface area (Å²) in [5, 5.41) is 4.73. The monoisotopic (exact) mass is 481 g/mol. The van der Waals surface area contributed by atoms with Crippen LogP contribution in [0.15, 0.2) is 30.3 Å². The number of rotatable bonds is 6. The summed E-state index contributed by atoms with van der Waals surface area (Å²) in [6.45, 7) is 10.4. The van der Waals surface area contributed by atoms with E-state index in [0.717, 1.165) is 49.3 Å². The van der Waals surface area contributed by atoms with Gasteiger partial charge >= 0.3 is 0 Å². The first-order chi connectivity index (χ1) is 16.9. The number of anilines is 1. The molecule has 1 aromatic carbocycles. The molecule has 0 saturated heterocycles. The van der Waals surface area contributed by atoms with Crippen LogP contribution in [0.1, 0.15) is 67.7 Å². The van der Waals surface area contributed by atoms with Gasteiger partial charge in [0.05, 0.1) is 5.69 Å². The number of hydrogen-bond acceptors (Lipinski definition) is 5. The van der Waals surface area contributed by atoms with Crippen molar-refractivity contribution in [3.8, 4) is 0 Å². The molecule has 1 aliphatic heterocycles. The van der Waals surface area contributed by atoms with Gasteiger partial charge in [0, 0.05) is 64.0 Å². The zero-order valence-electron chi connectivity index (χ0n) is 21.6. The molecule has 1 fully saturated rings. The normalized spacial score (nSPS) is 17.9. The molecule has 2 aromatic rings. The predicted molar refractivity (Wildman–Crippen MR) is 137 cm³/mol. The molecule has 0 radical (unpaired) electrons. The summed E-state index contributed by atoms with van der Waals surface area (Å²) in [6, 6.07) is 10.3. The standard InChI is InChI=1S/C27H39N5O3/c1-5-32-25(17-23(28-32)21-11-12-21)27(34)30-16-15-29(20(2)3)13-8-14-31(26(33)19-35-4)24-10-7-6-9-22(24)18-30/h6-7,9-10,17,20-21H,5,8,11-16,18-19H2,1-4H3. The van der Waals surface area contributed by atoms with E-state index in [4.69, 9.17) is 9.84 Å². The van der Waals surface area contributed by atoms with Crippen molar-refractivity contribution in [3.05, 3.63) is 47.3 Å². The third-order valence-electron chi connectivity index (χ3n) is 7.03. The second kappa shape index (κ2) is 11.4. The molecule has 2 aliphatic rings. The summed E-state index contributed by atoms with van der Waals surface area (Å²) in [5.74, 6) is 0.430. The number of hydrogen-bond donors (Lipinski definition) is 0. The quantitative estimate of drug-likeness (QED) is 0.631. The third kappa shape index (κ3) is 5.93. The molecule has 2 amide bonds. The van der Waals surface area contributed by atoms with Crippen LogP contribution in [-0.2, 0) is 22.6 Å². The smallest absolute Gasteiger partial charge is 0.272 e. The maximum Gasteiger partial charge on any atom is 0.272 e. The van der Waals surface area contributed by atoms with E-state index in [-0.39, 0.29) is 18.4 Å². The highest BCUT2D eigenvalue weighted by molar-refractivity contribution is 5.95. The van der Waals surface area contributed by atoms with Gasteiger partial charge in [-0.2, -0.15) is 5.10 Å². The zero-order valence-corrected chi connectivity index (χ0v) is 21.6. The first kappa shape index (κ1) is 25.4. The fraction of sp³-hybridized carbons (Fsp3) is 0.593. The van der Waals surface area contributed by atoms with Crippen LogP contribution in [0.4, 0.5) is 5.69 Å². The number of para-hydroxylation sites is 1. The highest BCUT2D eigenvalue weighted by atomic mass is 16.5. The minimum Gasteiger partial charge on any atom is -0.375 e. The molecule has 0 unspecified atom stereocenters. The van der Waals surface area contributed by atoms with Gasteiger partial charge < -0.3 is 14.5 Å². The van der Waals surface area contributed by atoms with E-state index in [2.05, 4.69) is 18.7 Å². The Labute approximate surface area is 208 Å². The van der Waals surface area contributed by atoms with E-state index in [9.17, 15) is 9.59 Å². The Kier molecular flexibility index (Phi) is 8.23. The minimum absolute atomic E-state index is 0.00114. The van der Waals surface area contributed by atoms with Crippen molar-refractivity contribution in [1.82, 2.24) is 19.6 Å². The SMILES string of the molecule is CCn1nc(C2CC2)cc1C(=O)N1CCN(C(C)C)CCCN(C(=O)COC)c2ccccc2C1. The van der Waals surface area contributed by atoms with Gasteiger partial charge in [0.1, 0.15) is 12.3 Å². The molecule has 190 valence electrons. The van der Waals surface area contributed by atoms with E-state index >= 15 is 0 Å². The van der Waals surface area contributed by atoms with Gasteiger partial charge in [0.25, 0.3) is 11.8 Å². The van der Waals surface area contributed by atoms with Gasteiger partial charge in [-0.1, -0.05) is 18.2 Å². The number of carbonyl (C=O) groups excluding carboxylic acids is 2. The summed E-state index contributed by atoms with van der Waals surface area (Å²) >= 11 is 0. The summed E-state index contributed by atoms with van der Waals surface area (Å²) in [4.78, 5) is 33.1. The third-order valence-corrected chi connectivity index (χ3v) is 7.03. The van der Waals surface area contributed by atoms with Crippen LogP contribution < -0.4 is 4.90 Å². The molecule has 8 nitrogen and oxygen atoms in total. The molecule has 1 saturated carbocycles. The van der Waals surface area contributed by atoms with E-state index in [1.165, 1.54) is 0 Å². The van der Waals surface area contributed by atoms with Crippen LogP contribution in [0, 0.1) is 0 Å². The predicted octanol–water partition coefficient (Wildman–Crippen LogP) is 3.52. The summed E-state index contributed by atoms with van der Waals surface area (Å²) in [5.41, 5.74) is 3.51. The largest absolute Gasteiger partial charge is 0.375 e. The minimum atomic E-state index is -0.0636. The van der Waals surface area contributed by atoms with Crippen molar-refractivity contribution in [2.75, 3.05) is 44.8 Å². The number of aryl methyl sites for hydroxylation is 1. The van der Waals surface area contributed by atoms with Crippen LogP contribution in [0.25, 0.3) is 0 Å². The lowest BCUT2D eigenvalue weighted by Gasteiger charge is -2.30. The van der Waals surface area contributed by atoms with E-state index in [1.54, 1.807) is 7.11 Å². The lowest BCUT2D eigenvalue weighted by Crippen LogP contribution is -2.42. The molecule has 35 heavy (non-hydrogen) atoms. The van der Waals surface area contributed by atoms with Gasteiger partial charge in [-0.15, -0.1) is 0 Å². The average Bonchev–Trinajstić information content (AvgIpc) is 3.61. The Balaban J connectivity index is 1.70. The summed E-state index contributed by atoms with van der Waals surface area (Å²) in [7, 11) is 1.55. The number of benzene rings is 1. The van der Waals surface area contributed by atoms with Crippen molar-refractivity contribution in [2.24, 2.45) is 0 Å². The Bertz CT molecular complexity index is 1030. The molecule has 0 bridgehead atoms. The Morgan fingerprint density at radius 2 is 1.89 bits per heavy atom. The van der Waals surface area contributed by atoms with E-state index in [0.29, 0.717) is 43.8 Å². The first-order valence-electron chi connectivity index (χ1n) is 12.9. The first-order valence-corrected chi connectivity index (χ1v) is 12.9. The Hall–Kier alpha value is -2.71. The second-order valence-corrected chi connectivity index (χ2v) is 9.86. The molecule has 0 spiro atoms. The molecular formula is C27H39N5O3. The molecule has 4 rings (SSSR count). The van der Waals surface area contributed by atoms with Crippen molar-refractivity contribution < 1.29 is 14.3 Å². The lowest BCUT2D eigenvalue weighted by molar-refractivity contribution is -0.122. The van der Waals surface area contributed by atoms with Gasteiger partial charge in [0.2, 0.25) is 0 Å². The summed E-state index contributed by atoms with van der Waals surface area (Å²) < 4.78 is 7.03. The molecule has 0 atom stereocenters. The second-order valence-electron chi connectivity index (χ2n) is 9.86. The highest BCUT2D eigenvalue weighted by Gasteiger charge is 2.30. The molecule has 1 aliphatic carbocycles. The Morgan fingerprint density at radius 3 is 2.57 bits per heavy atom. The number of amides is 2. The number of carbonyl (C=O) groups is 2. The Morgan fingerprint density at radius 1 is 1.11 bits per heavy atom. The number of nitrogens with zero attached hydrogens (tertiary/aromatic N) is 5. The van der Waals surface area contributed by atoms with Crippen LogP contribution in [0.2, 0.25) is 0 Å². The van der Waals surface area contributed by atoms with Crippen LogP contribution in [-0.4, -0.2) is 77.3 Å². The number of fused-ring (bicyclic) bond motifs is 1. The number of ether oxygens (including phenoxy) is 1. The molecular weight excluding hydrogens is 442 g/mol.